The molecule has 7 rings (SSSR count). The summed E-state index contributed by atoms with van der Waals surface area (Å²) < 4.78 is 4.43. The summed E-state index contributed by atoms with van der Waals surface area (Å²) in [6.07, 6.45) is 4.68. The van der Waals surface area contributed by atoms with Gasteiger partial charge in [-0.25, -0.2) is 0 Å². The van der Waals surface area contributed by atoms with Crippen molar-refractivity contribution in [2.45, 2.75) is 21.0 Å². The number of para-hydroxylation sites is 2. The van der Waals surface area contributed by atoms with E-state index in [9.17, 15) is 0 Å². The molecule has 4 heteroatoms. The lowest BCUT2D eigenvalue weighted by atomic mass is 10.1. The van der Waals surface area contributed by atoms with Crippen LogP contribution in [0.4, 0.5) is 11.4 Å². The average Bonchev–Trinajstić information content (AvgIpc) is 2.94. The van der Waals surface area contributed by atoms with Gasteiger partial charge in [-0.3, -0.25) is 0 Å². The van der Waals surface area contributed by atoms with E-state index in [0.717, 1.165) is 0 Å². The van der Waals surface area contributed by atoms with E-state index in [1.54, 1.807) is 0 Å². The predicted octanol–water partition coefficient (Wildman–Crippen LogP) is 8.20. The Morgan fingerprint density at radius 3 is 1.81 bits per heavy atom. The molecule has 2 aliphatic heterocycles. The van der Waals surface area contributed by atoms with Crippen LogP contribution in [0.1, 0.15) is 16.7 Å². The molecule has 2 aliphatic rings. The predicted molar refractivity (Wildman–Crippen MR) is 153 cm³/mol. The molecule has 0 bridgehead atoms. The van der Waals surface area contributed by atoms with Crippen LogP contribution < -0.4 is 0 Å². The Kier molecular flexibility index (Phi) is 5.12. The molecule has 172 valence electrons. The maximum Gasteiger partial charge on any atom is 0.470 e. The normalized spacial score (nSPS) is 18.4. The summed E-state index contributed by atoms with van der Waals surface area (Å²) in [6, 6.07) is 41.4. The number of hydrogen-bond acceptors (Lipinski definition) is 2. The molecule has 0 saturated heterocycles. The third-order valence-electron chi connectivity index (χ3n) is 6.84. The van der Waals surface area contributed by atoms with E-state index >= 15 is 0 Å². The van der Waals surface area contributed by atoms with Crippen molar-refractivity contribution in [3.05, 3.63) is 132 Å². The second-order valence-electron chi connectivity index (χ2n) is 9.12. The summed E-state index contributed by atoms with van der Waals surface area (Å²) in [7, 11) is 0. The standard InChI is InChI=1S/C32H24N2S2/c1-23-11-10-13-25-21-33(27-14-4-2-5-15-27)32(35-30(23)25)34(28-16-6-3-7-17-28)22-26-20-19-24-12-8-9-18-29(24)31(26)36-32/h2-22H,1H3/q+2. The largest absolute Gasteiger partial charge is 0.470 e. The van der Waals surface area contributed by atoms with Gasteiger partial charge in [0, 0.05) is 57.6 Å². The van der Waals surface area contributed by atoms with Crippen molar-refractivity contribution < 1.29 is 9.15 Å². The Balaban J connectivity index is 1.57. The zero-order valence-electron chi connectivity index (χ0n) is 19.8. The van der Waals surface area contributed by atoms with E-state index in [2.05, 4.69) is 144 Å². The third kappa shape index (κ3) is 3.36. The maximum atomic E-state index is 2.46. The van der Waals surface area contributed by atoms with Gasteiger partial charge in [0.2, 0.25) is 11.4 Å². The van der Waals surface area contributed by atoms with Gasteiger partial charge in [-0.15, -0.1) is 9.15 Å². The molecule has 0 amide bonds. The lowest BCUT2D eigenvalue weighted by Crippen LogP contribution is -2.47. The summed E-state index contributed by atoms with van der Waals surface area (Å²) in [4.78, 5) is 2.65. The Morgan fingerprint density at radius 2 is 1.11 bits per heavy atom. The summed E-state index contributed by atoms with van der Waals surface area (Å²) in [5.41, 5.74) is 6.15. The fourth-order valence-electron chi connectivity index (χ4n) is 5.09. The number of benzene rings is 5. The Morgan fingerprint density at radius 1 is 0.528 bits per heavy atom. The molecule has 1 atom stereocenters. The van der Waals surface area contributed by atoms with E-state index in [4.69, 9.17) is 0 Å². The molecule has 2 nitrogen and oxygen atoms in total. The lowest BCUT2D eigenvalue weighted by Gasteiger charge is -2.32. The minimum Gasteiger partial charge on any atom is -0.114 e. The lowest BCUT2D eigenvalue weighted by molar-refractivity contribution is -0.689. The number of aryl methyl sites for hydroxylation is 1. The minimum absolute atomic E-state index is 0.487. The van der Waals surface area contributed by atoms with Gasteiger partial charge in [0.1, 0.15) is 0 Å². The first-order valence-electron chi connectivity index (χ1n) is 12.1. The molecule has 0 radical (unpaired) electrons. The molecule has 0 aliphatic carbocycles. The van der Waals surface area contributed by atoms with Crippen molar-refractivity contribution in [3.63, 3.8) is 0 Å². The molecule has 0 fully saturated rings. The van der Waals surface area contributed by atoms with Gasteiger partial charge >= 0.3 is 4.33 Å². The Bertz CT molecular complexity index is 1690. The minimum atomic E-state index is -0.487. The highest BCUT2D eigenvalue weighted by Gasteiger charge is 2.61. The first kappa shape index (κ1) is 21.7. The second kappa shape index (κ2) is 8.51. The van der Waals surface area contributed by atoms with E-state index in [-0.39, 0.29) is 0 Å². The SMILES string of the molecule is Cc1cccc2c1SC1(Sc3c(ccc4ccccc34)C=[N+]1c1ccccc1)[N+](c1ccccc1)=C2. The number of nitrogens with zero attached hydrogens (tertiary/aromatic N) is 2. The Labute approximate surface area is 219 Å². The molecule has 0 saturated carbocycles. The topological polar surface area (TPSA) is 6.02 Å². The van der Waals surface area contributed by atoms with Crippen molar-refractivity contribution in [2.24, 2.45) is 0 Å². The molecule has 5 aromatic carbocycles. The fraction of sp³-hybridized carbons (Fsp3) is 0.0625. The van der Waals surface area contributed by atoms with E-state index in [1.165, 1.54) is 48.6 Å². The zero-order valence-corrected chi connectivity index (χ0v) is 21.5. The van der Waals surface area contributed by atoms with Crippen LogP contribution in [-0.4, -0.2) is 25.9 Å². The molecule has 36 heavy (non-hydrogen) atoms. The summed E-state index contributed by atoms with van der Waals surface area (Å²) in [6.45, 7) is 2.22. The molecule has 0 N–H and O–H groups in total. The third-order valence-corrected chi connectivity index (χ3v) is 10.1. The van der Waals surface area contributed by atoms with Crippen LogP contribution in [0.3, 0.4) is 0 Å². The average molecular weight is 501 g/mol. The van der Waals surface area contributed by atoms with Crippen molar-refractivity contribution in [1.29, 1.82) is 0 Å². The summed E-state index contributed by atoms with van der Waals surface area (Å²) in [5.74, 6) is 0. The fourth-order valence-corrected chi connectivity index (χ4v) is 8.31. The highest BCUT2D eigenvalue weighted by molar-refractivity contribution is 8.17. The number of thioether (sulfide) groups is 2. The quantitative estimate of drug-likeness (QED) is 0.225. The van der Waals surface area contributed by atoms with Crippen molar-refractivity contribution >= 4 is 58.1 Å². The number of fused-ring (bicyclic) bond motifs is 4. The van der Waals surface area contributed by atoms with Gasteiger partial charge in [-0.1, -0.05) is 78.9 Å². The van der Waals surface area contributed by atoms with Crippen molar-refractivity contribution in [2.75, 3.05) is 0 Å². The van der Waals surface area contributed by atoms with Crippen LogP contribution in [0.2, 0.25) is 0 Å². The second-order valence-corrected chi connectivity index (χ2v) is 11.7. The van der Waals surface area contributed by atoms with Crippen molar-refractivity contribution in [1.82, 2.24) is 0 Å². The van der Waals surface area contributed by atoms with E-state index in [0.29, 0.717) is 0 Å². The zero-order chi connectivity index (χ0) is 24.1. The van der Waals surface area contributed by atoms with Gasteiger partial charge in [0.05, 0.1) is 11.1 Å². The van der Waals surface area contributed by atoms with Gasteiger partial charge in [-0.2, -0.15) is 0 Å². The van der Waals surface area contributed by atoms with Crippen LogP contribution in [0, 0.1) is 6.92 Å². The van der Waals surface area contributed by atoms with Crippen LogP contribution in [0.5, 0.6) is 0 Å². The van der Waals surface area contributed by atoms with Gasteiger partial charge < -0.3 is 0 Å². The smallest absolute Gasteiger partial charge is 0.114 e. The highest BCUT2D eigenvalue weighted by atomic mass is 32.2. The molecule has 0 aromatic heterocycles. The first-order chi connectivity index (χ1) is 17.7. The molecular weight excluding hydrogens is 477 g/mol. The van der Waals surface area contributed by atoms with Gasteiger partial charge in [-0.05, 0) is 35.4 Å². The number of rotatable bonds is 2. The first-order valence-corrected chi connectivity index (χ1v) is 13.7. The highest BCUT2D eigenvalue weighted by Crippen LogP contribution is 2.57. The molecule has 5 aromatic rings. The molecule has 2 heterocycles. The summed E-state index contributed by atoms with van der Waals surface area (Å²) >= 11 is 3.88. The van der Waals surface area contributed by atoms with Crippen LogP contribution in [0.25, 0.3) is 10.8 Å². The van der Waals surface area contributed by atoms with Crippen molar-refractivity contribution in [3.8, 4) is 0 Å². The van der Waals surface area contributed by atoms with E-state index in [1.807, 2.05) is 23.5 Å². The Hall–Kier alpha value is -3.60. The summed E-state index contributed by atoms with van der Waals surface area (Å²) in [5, 5.41) is 2.57. The molecule has 1 spiro atoms. The van der Waals surface area contributed by atoms with Crippen LogP contribution in [-0.2, 0) is 0 Å². The van der Waals surface area contributed by atoms with Crippen LogP contribution >= 0.6 is 23.5 Å². The monoisotopic (exact) mass is 500 g/mol. The number of hydrogen-bond donors (Lipinski definition) is 0. The maximum absolute atomic E-state index is 2.46. The van der Waals surface area contributed by atoms with Gasteiger partial charge in [0.25, 0.3) is 0 Å². The molecular formula is C32H24N2S2+2. The van der Waals surface area contributed by atoms with Gasteiger partial charge in [0.15, 0.2) is 12.4 Å². The van der Waals surface area contributed by atoms with E-state index < -0.39 is 4.33 Å². The van der Waals surface area contributed by atoms with Crippen LogP contribution in [0.15, 0.2) is 125 Å². The molecule has 1 unspecified atom stereocenters.